The van der Waals surface area contributed by atoms with Gasteiger partial charge in [0.05, 0.1) is 20.1 Å². The summed E-state index contributed by atoms with van der Waals surface area (Å²) >= 11 is 0. The van der Waals surface area contributed by atoms with E-state index in [1.807, 2.05) is 55.5 Å². The fourth-order valence-electron chi connectivity index (χ4n) is 3.20. The Hall–Kier alpha value is -2.75. The van der Waals surface area contributed by atoms with Crippen molar-refractivity contribution in [1.82, 2.24) is 4.98 Å². The maximum absolute atomic E-state index is 12.5. The summed E-state index contributed by atoms with van der Waals surface area (Å²) in [4.78, 5) is 15.9. The van der Waals surface area contributed by atoms with Gasteiger partial charge < -0.3 is 14.5 Å². The van der Waals surface area contributed by atoms with Crippen molar-refractivity contribution in [1.29, 1.82) is 0 Å². The number of benzene rings is 2. The highest BCUT2D eigenvalue weighted by Crippen LogP contribution is 2.34. The molecular weight excluding hydrogens is 302 g/mol. The number of hydrogen-bond donors (Lipinski definition) is 1. The second-order valence-corrected chi connectivity index (χ2v) is 5.84. The van der Waals surface area contributed by atoms with Crippen molar-refractivity contribution >= 4 is 16.9 Å². The molecule has 2 aromatic carbocycles. The zero-order chi connectivity index (χ0) is 17.1. The smallest absolute Gasteiger partial charge is 0.313 e. The molecule has 0 bridgehead atoms. The SMILES string of the molecule is COC(=O)C(Cc1ccccc1)c1c(C)[nH]c2ccc(OC)cc12. The average molecular weight is 323 g/mol. The summed E-state index contributed by atoms with van der Waals surface area (Å²) in [6.07, 6.45) is 0.596. The van der Waals surface area contributed by atoms with Crippen molar-refractivity contribution in [3.8, 4) is 5.75 Å². The molecule has 4 nitrogen and oxygen atoms in total. The van der Waals surface area contributed by atoms with E-state index < -0.39 is 0 Å². The van der Waals surface area contributed by atoms with Gasteiger partial charge in [0.15, 0.2) is 0 Å². The van der Waals surface area contributed by atoms with Gasteiger partial charge in [-0.3, -0.25) is 4.79 Å². The molecule has 0 saturated heterocycles. The van der Waals surface area contributed by atoms with Crippen LogP contribution in [0.5, 0.6) is 5.75 Å². The molecule has 1 heterocycles. The highest BCUT2D eigenvalue weighted by molar-refractivity contribution is 5.92. The van der Waals surface area contributed by atoms with E-state index in [-0.39, 0.29) is 11.9 Å². The minimum Gasteiger partial charge on any atom is -0.497 e. The number of hydrogen-bond acceptors (Lipinski definition) is 3. The van der Waals surface area contributed by atoms with E-state index in [4.69, 9.17) is 9.47 Å². The lowest BCUT2D eigenvalue weighted by Crippen LogP contribution is -2.17. The van der Waals surface area contributed by atoms with Crippen molar-refractivity contribution in [2.75, 3.05) is 14.2 Å². The van der Waals surface area contributed by atoms with Gasteiger partial charge in [-0.05, 0) is 42.7 Å². The predicted molar refractivity (Wildman–Crippen MR) is 94.5 cm³/mol. The predicted octanol–water partition coefficient (Wildman–Crippen LogP) is 3.98. The molecule has 0 saturated carbocycles. The first-order valence-electron chi connectivity index (χ1n) is 7.92. The molecular formula is C20H21NO3. The molecule has 1 atom stereocenters. The van der Waals surface area contributed by atoms with Crippen molar-refractivity contribution in [3.63, 3.8) is 0 Å². The number of carbonyl (C=O) groups excluding carboxylic acids is 1. The first-order valence-corrected chi connectivity index (χ1v) is 7.92. The third-order valence-corrected chi connectivity index (χ3v) is 4.36. The molecule has 0 aliphatic carbocycles. The number of ether oxygens (including phenoxy) is 2. The minimum atomic E-state index is -0.363. The lowest BCUT2D eigenvalue weighted by molar-refractivity contribution is -0.142. The Morgan fingerprint density at radius 3 is 2.54 bits per heavy atom. The molecule has 0 amide bonds. The zero-order valence-corrected chi connectivity index (χ0v) is 14.1. The fourth-order valence-corrected chi connectivity index (χ4v) is 3.20. The van der Waals surface area contributed by atoms with Crippen LogP contribution in [0, 0.1) is 6.92 Å². The Kier molecular flexibility index (Phi) is 4.56. The molecule has 4 heteroatoms. The summed E-state index contributed by atoms with van der Waals surface area (Å²) in [6, 6.07) is 15.8. The molecule has 1 aromatic heterocycles. The Labute approximate surface area is 141 Å². The number of fused-ring (bicyclic) bond motifs is 1. The number of aryl methyl sites for hydroxylation is 1. The molecule has 3 rings (SSSR count). The molecule has 24 heavy (non-hydrogen) atoms. The molecule has 0 fully saturated rings. The van der Waals surface area contributed by atoms with Gasteiger partial charge in [0.25, 0.3) is 0 Å². The third kappa shape index (κ3) is 3.00. The minimum absolute atomic E-state index is 0.231. The fraction of sp³-hybridized carbons (Fsp3) is 0.250. The molecule has 0 radical (unpaired) electrons. The van der Waals surface area contributed by atoms with Crippen molar-refractivity contribution in [2.24, 2.45) is 0 Å². The molecule has 0 aliphatic rings. The van der Waals surface area contributed by atoms with E-state index in [9.17, 15) is 4.79 Å². The largest absolute Gasteiger partial charge is 0.497 e. The van der Waals surface area contributed by atoms with Gasteiger partial charge in [0.2, 0.25) is 0 Å². The van der Waals surface area contributed by atoms with Crippen LogP contribution >= 0.6 is 0 Å². The van der Waals surface area contributed by atoms with E-state index in [1.165, 1.54) is 7.11 Å². The monoisotopic (exact) mass is 323 g/mol. The Morgan fingerprint density at radius 2 is 1.88 bits per heavy atom. The van der Waals surface area contributed by atoms with Crippen LogP contribution in [0.15, 0.2) is 48.5 Å². The lowest BCUT2D eigenvalue weighted by atomic mass is 9.90. The first-order chi connectivity index (χ1) is 11.6. The van der Waals surface area contributed by atoms with Crippen molar-refractivity contribution in [2.45, 2.75) is 19.3 Å². The highest BCUT2D eigenvalue weighted by atomic mass is 16.5. The second-order valence-electron chi connectivity index (χ2n) is 5.84. The van der Waals surface area contributed by atoms with Crippen LogP contribution in [0.2, 0.25) is 0 Å². The number of aromatic nitrogens is 1. The number of nitrogens with one attached hydrogen (secondary N) is 1. The topological polar surface area (TPSA) is 51.3 Å². The Balaban J connectivity index is 2.11. The summed E-state index contributed by atoms with van der Waals surface area (Å²) < 4.78 is 10.4. The summed E-state index contributed by atoms with van der Waals surface area (Å²) in [6.45, 7) is 1.99. The van der Waals surface area contributed by atoms with E-state index in [2.05, 4.69) is 4.98 Å². The number of carbonyl (C=O) groups is 1. The van der Waals surface area contributed by atoms with Crippen molar-refractivity contribution < 1.29 is 14.3 Å². The van der Waals surface area contributed by atoms with E-state index in [1.54, 1.807) is 7.11 Å². The Morgan fingerprint density at radius 1 is 1.12 bits per heavy atom. The number of aromatic amines is 1. The number of methoxy groups -OCH3 is 2. The van der Waals surface area contributed by atoms with Crippen LogP contribution in [0.25, 0.3) is 10.9 Å². The van der Waals surface area contributed by atoms with E-state index in [0.29, 0.717) is 6.42 Å². The maximum atomic E-state index is 12.5. The Bertz CT molecular complexity index is 852. The number of esters is 1. The average Bonchev–Trinajstić information content (AvgIpc) is 2.94. The molecule has 0 spiro atoms. The number of H-pyrrole nitrogens is 1. The summed E-state index contributed by atoms with van der Waals surface area (Å²) in [5, 5.41) is 0.998. The summed E-state index contributed by atoms with van der Waals surface area (Å²) in [5.41, 5.74) is 4.04. The van der Waals surface area contributed by atoms with E-state index >= 15 is 0 Å². The molecule has 3 aromatic rings. The van der Waals surface area contributed by atoms with Crippen molar-refractivity contribution in [3.05, 3.63) is 65.4 Å². The normalized spacial score (nSPS) is 12.1. The zero-order valence-electron chi connectivity index (χ0n) is 14.1. The molecule has 1 N–H and O–H groups in total. The maximum Gasteiger partial charge on any atom is 0.313 e. The first kappa shape index (κ1) is 16.1. The van der Waals surface area contributed by atoms with Gasteiger partial charge >= 0.3 is 5.97 Å². The molecule has 1 unspecified atom stereocenters. The summed E-state index contributed by atoms with van der Waals surface area (Å²) in [7, 11) is 3.08. The van der Waals surface area contributed by atoms with E-state index in [0.717, 1.165) is 33.5 Å². The summed E-state index contributed by atoms with van der Waals surface area (Å²) in [5.74, 6) is 0.176. The quantitative estimate of drug-likeness (QED) is 0.723. The highest BCUT2D eigenvalue weighted by Gasteiger charge is 2.27. The molecule has 124 valence electrons. The standard InChI is InChI=1S/C20H21NO3/c1-13-19(16-12-15(23-2)9-10-18(16)21-13)17(20(22)24-3)11-14-7-5-4-6-8-14/h4-10,12,17,21H,11H2,1-3H3. The van der Waals surface area contributed by atoms with Gasteiger partial charge in [-0.2, -0.15) is 0 Å². The van der Waals surface area contributed by atoms with Gasteiger partial charge in [0.1, 0.15) is 5.75 Å². The third-order valence-electron chi connectivity index (χ3n) is 4.36. The van der Waals surface area contributed by atoms with Crippen LogP contribution in [0.3, 0.4) is 0 Å². The van der Waals surface area contributed by atoms with Crippen LogP contribution in [0.4, 0.5) is 0 Å². The second kappa shape index (κ2) is 6.79. The molecule has 0 aliphatic heterocycles. The number of rotatable bonds is 5. The van der Waals surface area contributed by atoms with Gasteiger partial charge in [-0.1, -0.05) is 30.3 Å². The van der Waals surface area contributed by atoms with Crippen LogP contribution in [-0.2, 0) is 16.0 Å². The van der Waals surface area contributed by atoms with Gasteiger partial charge in [-0.25, -0.2) is 0 Å². The van der Waals surface area contributed by atoms with Crippen LogP contribution in [0.1, 0.15) is 22.7 Å². The van der Waals surface area contributed by atoms with Crippen LogP contribution in [-0.4, -0.2) is 25.2 Å². The van der Waals surface area contributed by atoms with Gasteiger partial charge in [0, 0.05) is 16.6 Å². The van der Waals surface area contributed by atoms with Gasteiger partial charge in [-0.15, -0.1) is 0 Å². The lowest BCUT2D eigenvalue weighted by Gasteiger charge is -2.16. The van der Waals surface area contributed by atoms with Crippen LogP contribution < -0.4 is 4.74 Å².